The van der Waals surface area contributed by atoms with Crippen molar-refractivity contribution >= 4 is 0 Å². The van der Waals surface area contributed by atoms with E-state index >= 15 is 0 Å². The number of rotatable bonds is 4. The first kappa shape index (κ1) is 11.9. The highest BCUT2D eigenvalue weighted by Gasteiger charge is 2.66. The monoisotopic (exact) mass is 260 g/mol. The molecule has 3 aliphatic carbocycles. The molecule has 2 N–H and O–H groups in total. The number of hydrogen-bond donors (Lipinski definition) is 1. The molecular weight excluding hydrogens is 236 g/mol. The first-order chi connectivity index (χ1) is 9.20. The predicted molar refractivity (Wildman–Crippen MR) is 73.3 cm³/mol. The maximum Gasteiger partial charge on any atom is 0.146 e. The molecule has 1 aromatic heterocycles. The van der Waals surface area contributed by atoms with Crippen LogP contribution in [0.1, 0.15) is 50.7 Å². The quantitative estimate of drug-likeness (QED) is 0.902. The lowest BCUT2D eigenvalue weighted by molar-refractivity contribution is 0.456. The largest absolute Gasteiger partial charge is 0.324 e. The van der Waals surface area contributed by atoms with Gasteiger partial charge in [0.25, 0.3) is 0 Å². The summed E-state index contributed by atoms with van der Waals surface area (Å²) in [4.78, 5) is 0. The molecule has 4 nitrogen and oxygen atoms in total. The van der Waals surface area contributed by atoms with Gasteiger partial charge in [-0.3, -0.25) is 0 Å². The number of nitrogens with zero attached hydrogens (tertiary/aromatic N) is 3. The average molecular weight is 260 g/mol. The normalized spacial score (nSPS) is 39.1. The molecule has 1 heterocycles. The standard InChI is InChI=1S/C15H24N4/c1-8(2)7-19-11(6-16)17-18-15(19)14-12-9-3-4-10(5-9)13(12)14/h8-10,12-14H,3-7,16H2,1-2H3. The maximum atomic E-state index is 5.82. The Morgan fingerprint density at radius 1 is 1.21 bits per heavy atom. The van der Waals surface area contributed by atoms with Gasteiger partial charge in [-0.15, -0.1) is 10.2 Å². The second-order valence-electron chi connectivity index (χ2n) is 7.20. The summed E-state index contributed by atoms with van der Waals surface area (Å²) in [5, 5.41) is 8.85. The lowest BCUT2D eigenvalue weighted by atomic mass is 10.0. The van der Waals surface area contributed by atoms with E-state index in [4.69, 9.17) is 5.73 Å². The predicted octanol–water partition coefficient (Wildman–Crippen LogP) is 2.15. The molecule has 0 amide bonds. The van der Waals surface area contributed by atoms with Crippen molar-refractivity contribution in [3.8, 4) is 0 Å². The summed E-state index contributed by atoms with van der Waals surface area (Å²) in [6, 6.07) is 0. The number of aromatic nitrogens is 3. The molecule has 0 spiro atoms. The van der Waals surface area contributed by atoms with Crippen molar-refractivity contribution < 1.29 is 0 Å². The molecule has 0 aromatic carbocycles. The summed E-state index contributed by atoms with van der Waals surface area (Å²) >= 11 is 0. The highest BCUT2D eigenvalue weighted by Crippen LogP contribution is 2.72. The van der Waals surface area contributed by atoms with Gasteiger partial charge in [0.05, 0.1) is 6.54 Å². The zero-order valence-electron chi connectivity index (χ0n) is 11.9. The van der Waals surface area contributed by atoms with Crippen molar-refractivity contribution in [2.45, 2.75) is 52.1 Å². The van der Waals surface area contributed by atoms with Gasteiger partial charge in [-0.25, -0.2) is 0 Å². The molecule has 0 radical (unpaired) electrons. The van der Waals surface area contributed by atoms with Crippen LogP contribution in [0.25, 0.3) is 0 Å². The molecule has 2 bridgehead atoms. The van der Waals surface area contributed by atoms with Gasteiger partial charge >= 0.3 is 0 Å². The fourth-order valence-corrected chi connectivity index (χ4v) is 4.98. The van der Waals surface area contributed by atoms with Crippen LogP contribution in [-0.2, 0) is 13.1 Å². The topological polar surface area (TPSA) is 56.7 Å². The summed E-state index contributed by atoms with van der Waals surface area (Å²) in [6.07, 6.45) is 4.42. The summed E-state index contributed by atoms with van der Waals surface area (Å²) in [7, 11) is 0. The van der Waals surface area contributed by atoms with Crippen molar-refractivity contribution in [3.05, 3.63) is 11.6 Å². The van der Waals surface area contributed by atoms with Gasteiger partial charge in [0.1, 0.15) is 11.6 Å². The molecule has 104 valence electrons. The molecule has 1 aromatic rings. The Balaban J connectivity index is 1.64. The molecule has 4 heteroatoms. The fraction of sp³-hybridized carbons (Fsp3) is 0.867. The Kier molecular flexibility index (Phi) is 2.53. The van der Waals surface area contributed by atoms with Gasteiger partial charge in [0.2, 0.25) is 0 Å². The summed E-state index contributed by atoms with van der Waals surface area (Å²) < 4.78 is 2.33. The summed E-state index contributed by atoms with van der Waals surface area (Å²) in [6.45, 7) is 6.03. The second-order valence-corrected chi connectivity index (χ2v) is 7.20. The van der Waals surface area contributed by atoms with Crippen LogP contribution in [0.2, 0.25) is 0 Å². The van der Waals surface area contributed by atoms with Crippen molar-refractivity contribution in [1.82, 2.24) is 14.8 Å². The number of hydrogen-bond acceptors (Lipinski definition) is 3. The number of fused-ring (bicyclic) bond motifs is 5. The molecule has 4 atom stereocenters. The lowest BCUT2D eigenvalue weighted by Crippen LogP contribution is -2.15. The Morgan fingerprint density at radius 3 is 2.47 bits per heavy atom. The van der Waals surface area contributed by atoms with Crippen molar-refractivity contribution in [3.63, 3.8) is 0 Å². The molecule has 0 saturated heterocycles. The fourth-order valence-electron chi connectivity index (χ4n) is 4.98. The van der Waals surface area contributed by atoms with Gasteiger partial charge < -0.3 is 10.3 Å². The van der Waals surface area contributed by atoms with Crippen LogP contribution >= 0.6 is 0 Å². The van der Waals surface area contributed by atoms with E-state index in [9.17, 15) is 0 Å². The minimum absolute atomic E-state index is 0.509. The third-order valence-corrected chi connectivity index (χ3v) is 5.62. The van der Waals surface area contributed by atoms with Crippen LogP contribution in [-0.4, -0.2) is 14.8 Å². The van der Waals surface area contributed by atoms with E-state index in [2.05, 4.69) is 28.6 Å². The number of nitrogens with two attached hydrogens (primary N) is 1. The highest BCUT2D eigenvalue weighted by atomic mass is 15.3. The molecule has 19 heavy (non-hydrogen) atoms. The third-order valence-electron chi connectivity index (χ3n) is 5.62. The van der Waals surface area contributed by atoms with Crippen molar-refractivity contribution in [2.24, 2.45) is 35.3 Å². The summed E-state index contributed by atoms with van der Waals surface area (Å²) in [5.41, 5.74) is 5.82. The van der Waals surface area contributed by atoms with E-state index in [1.165, 1.54) is 25.1 Å². The molecular formula is C15H24N4. The lowest BCUT2D eigenvalue weighted by Gasteiger charge is -2.14. The van der Waals surface area contributed by atoms with Crippen LogP contribution in [0, 0.1) is 29.6 Å². The van der Waals surface area contributed by atoms with Gasteiger partial charge in [-0.1, -0.05) is 13.8 Å². The van der Waals surface area contributed by atoms with E-state index in [0.29, 0.717) is 18.4 Å². The Labute approximate surface area is 114 Å². The molecule has 0 aliphatic heterocycles. The van der Waals surface area contributed by atoms with Crippen molar-refractivity contribution in [1.29, 1.82) is 0 Å². The zero-order valence-corrected chi connectivity index (χ0v) is 11.9. The Bertz CT molecular complexity index is 476. The van der Waals surface area contributed by atoms with E-state index in [1.54, 1.807) is 0 Å². The zero-order chi connectivity index (χ0) is 13.1. The van der Waals surface area contributed by atoms with Crippen LogP contribution in [0.5, 0.6) is 0 Å². The van der Waals surface area contributed by atoms with E-state index < -0.39 is 0 Å². The first-order valence-corrected chi connectivity index (χ1v) is 7.82. The minimum Gasteiger partial charge on any atom is -0.324 e. The highest BCUT2D eigenvalue weighted by molar-refractivity contribution is 5.25. The molecule has 4 rings (SSSR count). The summed E-state index contributed by atoms with van der Waals surface area (Å²) in [5.74, 6) is 7.39. The van der Waals surface area contributed by atoms with E-state index in [0.717, 1.165) is 36.0 Å². The second kappa shape index (κ2) is 4.05. The molecule has 3 saturated carbocycles. The van der Waals surface area contributed by atoms with Gasteiger partial charge in [-0.2, -0.15) is 0 Å². The first-order valence-electron chi connectivity index (χ1n) is 7.82. The van der Waals surface area contributed by atoms with Gasteiger partial charge in [-0.05, 0) is 48.9 Å². The van der Waals surface area contributed by atoms with E-state index in [1.807, 2.05) is 0 Å². The smallest absolute Gasteiger partial charge is 0.146 e. The van der Waals surface area contributed by atoms with Gasteiger partial charge in [0.15, 0.2) is 0 Å². The average Bonchev–Trinajstić information content (AvgIpc) is 2.76. The SMILES string of the molecule is CC(C)Cn1c(CN)nnc1C1C2C3CCC(C3)C12. The van der Waals surface area contributed by atoms with Crippen molar-refractivity contribution in [2.75, 3.05) is 0 Å². The Morgan fingerprint density at radius 2 is 1.89 bits per heavy atom. The van der Waals surface area contributed by atoms with Crippen LogP contribution < -0.4 is 5.73 Å². The molecule has 3 aliphatic rings. The van der Waals surface area contributed by atoms with Gasteiger partial charge in [0, 0.05) is 12.5 Å². The maximum absolute atomic E-state index is 5.82. The molecule has 4 unspecified atom stereocenters. The van der Waals surface area contributed by atoms with E-state index in [-0.39, 0.29) is 0 Å². The van der Waals surface area contributed by atoms with Crippen LogP contribution in [0.4, 0.5) is 0 Å². The third kappa shape index (κ3) is 1.62. The Hall–Kier alpha value is -0.900. The molecule has 3 fully saturated rings. The van der Waals surface area contributed by atoms with Crippen LogP contribution in [0.15, 0.2) is 0 Å². The minimum atomic E-state index is 0.509. The van der Waals surface area contributed by atoms with Crippen LogP contribution in [0.3, 0.4) is 0 Å².